The lowest BCUT2D eigenvalue weighted by atomic mass is 9.84. The van der Waals surface area contributed by atoms with Crippen molar-refractivity contribution in [1.29, 1.82) is 0 Å². The fourth-order valence-electron chi connectivity index (χ4n) is 3.59. The number of oxime groups is 1. The van der Waals surface area contributed by atoms with Gasteiger partial charge in [0.25, 0.3) is 0 Å². The molecule has 3 rings (SSSR count). The summed E-state index contributed by atoms with van der Waals surface area (Å²) in [4.78, 5) is 17.6. The normalized spacial score (nSPS) is 25.8. The minimum Gasteiger partial charge on any atom is -0.383 e. The molecule has 106 valence electrons. The third kappa shape index (κ3) is 2.15. The molecule has 3 nitrogen and oxygen atoms in total. The van der Waals surface area contributed by atoms with E-state index in [2.05, 4.69) is 38.1 Å². The van der Waals surface area contributed by atoms with Gasteiger partial charge in [-0.25, -0.2) is 0 Å². The summed E-state index contributed by atoms with van der Waals surface area (Å²) in [7, 11) is 0. The number of ketones is 1. The second kappa shape index (κ2) is 5.04. The van der Waals surface area contributed by atoms with Crippen molar-refractivity contribution in [3.05, 3.63) is 34.4 Å². The van der Waals surface area contributed by atoms with Crippen LogP contribution in [0.5, 0.6) is 0 Å². The van der Waals surface area contributed by atoms with Gasteiger partial charge in [0.15, 0.2) is 11.9 Å². The van der Waals surface area contributed by atoms with E-state index >= 15 is 0 Å². The molecule has 1 heterocycles. The van der Waals surface area contributed by atoms with Crippen LogP contribution in [0, 0.1) is 26.7 Å². The van der Waals surface area contributed by atoms with Crippen molar-refractivity contribution in [2.45, 2.75) is 52.6 Å². The maximum atomic E-state index is 12.1. The topological polar surface area (TPSA) is 38.7 Å². The highest BCUT2D eigenvalue weighted by Crippen LogP contribution is 2.34. The minimum atomic E-state index is -0.340. The average Bonchev–Trinajstić information content (AvgIpc) is 2.68. The Morgan fingerprint density at radius 3 is 2.55 bits per heavy atom. The first-order valence-corrected chi connectivity index (χ1v) is 7.42. The third-order valence-corrected chi connectivity index (χ3v) is 4.42. The molecule has 1 aromatic rings. The number of nitrogens with zero attached hydrogens (tertiary/aromatic N) is 1. The van der Waals surface area contributed by atoms with Gasteiger partial charge in [0.1, 0.15) is 0 Å². The van der Waals surface area contributed by atoms with Crippen LogP contribution < -0.4 is 0 Å². The van der Waals surface area contributed by atoms with Gasteiger partial charge in [0.2, 0.25) is 0 Å². The number of fused-ring (bicyclic) bond motifs is 1. The highest BCUT2D eigenvalue weighted by molar-refractivity contribution is 6.08. The zero-order valence-electron chi connectivity index (χ0n) is 12.4. The van der Waals surface area contributed by atoms with Crippen LogP contribution in [0.25, 0.3) is 0 Å². The maximum absolute atomic E-state index is 12.1. The summed E-state index contributed by atoms with van der Waals surface area (Å²) in [5, 5.41) is 4.29. The first-order valence-electron chi connectivity index (χ1n) is 7.42. The Kier molecular flexibility index (Phi) is 3.36. The molecule has 1 fully saturated rings. The molecule has 0 N–H and O–H groups in total. The van der Waals surface area contributed by atoms with Crippen LogP contribution in [0.3, 0.4) is 0 Å². The van der Waals surface area contributed by atoms with Gasteiger partial charge in [-0.3, -0.25) is 4.79 Å². The molecule has 0 aromatic heterocycles. The SMILES string of the molecule is Cc1cc(C)c(C2=NO[C@@H]3C(=O)CCCC[C@@H]23)c(C)c1. The molecule has 1 aliphatic heterocycles. The summed E-state index contributed by atoms with van der Waals surface area (Å²) in [6, 6.07) is 4.35. The van der Waals surface area contributed by atoms with Crippen LogP contribution in [0.1, 0.15) is 47.9 Å². The maximum Gasteiger partial charge on any atom is 0.193 e. The number of rotatable bonds is 1. The van der Waals surface area contributed by atoms with Gasteiger partial charge in [-0.2, -0.15) is 0 Å². The Morgan fingerprint density at radius 2 is 1.85 bits per heavy atom. The van der Waals surface area contributed by atoms with Crippen molar-refractivity contribution < 1.29 is 9.63 Å². The number of hydrogen-bond donors (Lipinski definition) is 0. The zero-order chi connectivity index (χ0) is 14.3. The van der Waals surface area contributed by atoms with Crippen molar-refractivity contribution in [3.8, 4) is 0 Å². The standard InChI is InChI=1S/C17H21NO2/c1-10-8-11(2)15(12(3)9-10)16-13-6-4-5-7-14(19)17(13)20-18-16/h8-9,13,17H,4-7H2,1-3H3/t13-,17-/m0/s1. The average molecular weight is 271 g/mol. The van der Waals surface area contributed by atoms with Crippen LogP contribution in [-0.4, -0.2) is 17.6 Å². The lowest BCUT2D eigenvalue weighted by molar-refractivity contribution is -0.130. The molecular formula is C17H21NO2. The molecule has 0 saturated heterocycles. The molecule has 0 amide bonds. The molecule has 1 saturated carbocycles. The Bertz CT molecular complexity index is 566. The molecule has 20 heavy (non-hydrogen) atoms. The smallest absolute Gasteiger partial charge is 0.193 e. The van der Waals surface area contributed by atoms with E-state index in [0.717, 1.165) is 25.0 Å². The van der Waals surface area contributed by atoms with E-state index in [-0.39, 0.29) is 17.8 Å². The van der Waals surface area contributed by atoms with E-state index in [1.807, 2.05) is 0 Å². The highest BCUT2D eigenvalue weighted by atomic mass is 16.6. The van der Waals surface area contributed by atoms with E-state index < -0.39 is 0 Å². The van der Waals surface area contributed by atoms with Gasteiger partial charge in [0.05, 0.1) is 11.6 Å². The van der Waals surface area contributed by atoms with Crippen LogP contribution in [0.2, 0.25) is 0 Å². The van der Waals surface area contributed by atoms with Gasteiger partial charge in [-0.05, 0) is 44.7 Å². The Hall–Kier alpha value is -1.64. The number of carbonyl (C=O) groups excluding carboxylic acids is 1. The molecule has 1 aliphatic carbocycles. The molecule has 1 aromatic carbocycles. The third-order valence-electron chi connectivity index (χ3n) is 4.42. The largest absolute Gasteiger partial charge is 0.383 e. The molecular weight excluding hydrogens is 250 g/mol. The van der Waals surface area contributed by atoms with Crippen molar-refractivity contribution in [1.82, 2.24) is 0 Å². The molecule has 2 aliphatic rings. The first-order chi connectivity index (χ1) is 9.58. The van der Waals surface area contributed by atoms with E-state index in [0.29, 0.717) is 6.42 Å². The number of hydrogen-bond acceptors (Lipinski definition) is 3. The summed E-state index contributed by atoms with van der Waals surface area (Å²) in [6.07, 6.45) is 3.36. The lowest BCUT2D eigenvalue weighted by Gasteiger charge is -2.17. The summed E-state index contributed by atoms with van der Waals surface area (Å²) in [6.45, 7) is 6.34. The Morgan fingerprint density at radius 1 is 1.15 bits per heavy atom. The first kappa shape index (κ1) is 13.3. The Labute approximate surface area is 120 Å². The minimum absolute atomic E-state index is 0.144. The predicted octanol–water partition coefficient (Wildman–Crippen LogP) is 3.47. The number of benzene rings is 1. The van der Waals surface area contributed by atoms with Gasteiger partial charge in [0, 0.05) is 12.0 Å². The summed E-state index contributed by atoms with van der Waals surface area (Å²) >= 11 is 0. The van der Waals surface area contributed by atoms with Crippen LogP contribution in [0.4, 0.5) is 0 Å². The molecule has 0 radical (unpaired) electrons. The van der Waals surface area contributed by atoms with E-state index in [4.69, 9.17) is 4.84 Å². The van der Waals surface area contributed by atoms with Crippen molar-refractivity contribution >= 4 is 11.5 Å². The molecule has 0 bridgehead atoms. The quantitative estimate of drug-likeness (QED) is 0.784. The zero-order valence-corrected chi connectivity index (χ0v) is 12.4. The second-order valence-electron chi connectivity index (χ2n) is 6.09. The molecule has 0 spiro atoms. The summed E-state index contributed by atoms with van der Waals surface area (Å²) in [5.41, 5.74) is 5.87. The van der Waals surface area contributed by atoms with Crippen LogP contribution in [-0.2, 0) is 9.63 Å². The van der Waals surface area contributed by atoms with Gasteiger partial charge >= 0.3 is 0 Å². The van der Waals surface area contributed by atoms with Crippen molar-refractivity contribution in [2.24, 2.45) is 11.1 Å². The molecule has 3 heteroatoms. The van der Waals surface area contributed by atoms with Crippen LogP contribution >= 0.6 is 0 Å². The number of carbonyl (C=O) groups is 1. The summed E-state index contributed by atoms with van der Waals surface area (Å²) < 4.78 is 0. The van der Waals surface area contributed by atoms with Crippen molar-refractivity contribution in [2.75, 3.05) is 0 Å². The van der Waals surface area contributed by atoms with Gasteiger partial charge in [-0.1, -0.05) is 29.3 Å². The van der Waals surface area contributed by atoms with E-state index in [1.165, 1.54) is 22.3 Å². The monoisotopic (exact) mass is 271 g/mol. The fraction of sp³-hybridized carbons (Fsp3) is 0.529. The number of Topliss-reactive ketones (excluding diaryl/α,β-unsaturated/α-hetero) is 1. The molecule has 2 atom stereocenters. The molecule has 0 unspecified atom stereocenters. The lowest BCUT2D eigenvalue weighted by Crippen LogP contribution is -2.30. The fourth-order valence-corrected chi connectivity index (χ4v) is 3.59. The summed E-state index contributed by atoms with van der Waals surface area (Å²) in [5.74, 6) is 0.360. The van der Waals surface area contributed by atoms with Crippen LogP contribution in [0.15, 0.2) is 17.3 Å². The van der Waals surface area contributed by atoms with E-state index in [9.17, 15) is 4.79 Å². The number of aryl methyl sites for hydroxylation is 3. The highest BCUT2D eigenvalue weighted by Gasteiger charge is 2.41. The Balaban J connectivity index is 2.01. The predicted molar refractivity (Wildman–Crippen MR) is 79.0 cm³/mol. The van der Waals surface area contributed by atoms with E-state index in [1.54, 1.807) is 0 Å². The second-order valence-corrected chi connectivity index (χ2v) is 6.09. The van der Waals surface area contributed by atoms with Crippen molar-refractivity contribution in [3.63, 3.8) is 0 Å². The van der Waals surface area contributed by atoms with Gasteiger partial charge in [-0.15, -0.1) is 0 Å². The van der Waals surface area contributed by atoms with Gasteiger partial charge < -0.3 is 4.84 Å².